The van der Waals surface area contributed by atoms with Crippen molar-refractivity contribution in [2.24, 2.45) is 0 Å². The van der Waals surface area contributed by atoms with Crippen LogP contribution in [0, 0.1) is 6.92 Å². The van der Waals surface area contributed by atoms with E-state index in [9.17, 15) is 13.6 Å². The SMILES string of the molecule is Cc1ccc(N(c2cccnc2-c2ccc(C(=O)Nc3ccc(C(C)(C)C)cc3)cc2)S(=O)[O-])cc1. The van der Waals surface area contributed by atoms with Gasteiger partial charge >= 0.3 is 0 Å². The van der Waals surface area contributed by atoms with Crippen LogP contribution in [0.1, 0.15) is 42.3 Å². The van der Waals surface area contributed by atoms with Crippen LogP contribution >= 0.6 is 0 Å². The molecule has 0 spiro atoms. The van der Waals surface area contributed by atoms with Crippen molar-refractivity contribution in [3.05, 3.63) is 108 Å². The molecule has 7 heteroatoms. The fraction of sp³-hybridized carbons (Fsp3) is 0.172. The van der Waals surface area contributed by atoms with Crippen LogP contribution in [-0.4, -0.2) is 19.7 Å². The number of benzene rings is 3. The van der Waals surface area contributed by atoms with Crippen LogP contribution in [0.2, 0.25) is 0 Å². The van der Waals surface area contributed by atoms with Gasteiger partial charge in [-0.05, 0) is 66.4 Å². The van der Waals surface area contributed by atoms with Crippen LogP contribution in [-0.2, 0) is 16.7 Å². The number of aromatic nitrogens is 1. The molecule has 1 N–H and O–H groups in total. The van der Waals surface area contributed by atoms with Gasteiger partial charge in [-0.3, -0.25) is 18.3 Å². The molecule has 0 radical (unpaired) electrons. The van der Waals surface area contributed by atoms with E-state index in [2.05, 4.69) is 31.1 Å². The van der Waals surface area contributed by atoms with Gasteiger partial charge in [0, 0.05) is 23.0 Å². The second kappa shape index (κ2) is 10.4. The highest BCUT2D eigenvalue weighted by molar-refractivity contribution is 7.81. The highest BCUT2D eigenvalue weighted by atomic mass is 32.2. The maximum atomic E-state index is 12.8. The van der Waals surface area contributed by atoms with Crippen molar-refractivity contribution >= 4 is 34.2 Å². The van der Waals surface area contributed by atoms with Crippen molar-refractivity contribution in [1.29, 1.82) is 0 Å². The van der Waals surface area contributed by atoms with Crippen LogP contribution in [0.15, 0.2) is 91.1 Å². The van der Waals surface area contributed by atoms with E-state index in [-0.39, 0.29) is 11.3 Å². The smallest absolute Gasteiger partial charge is 0.255 e. The molecular weight excluding hydrogens is 470 g/mol. The van der Waals surface area contributed by atoms with Crippen LogP contribution in [0.4, 0.5) is 17.1 Å². The van der Waals surface area contributed by atoms with Gasteiger partial charge in [0.15, 0.2) is 0 Å². The van der Waals surface area contributed by atoms with Crippen molar-refractivity contribution in [1.82, 2.24) is 4.98 Å². The lowest BCUT2D eigenvalue weighted by Gasteiger charge is -2.28. The van der Waals surface area contributed by atoms with E-state index in [0.717, 1.165) is 11.3 Å². The first-order valence-electron chi connectivity index (χ1n) is 11.6. The molecule has 3 aromatic carbocycles. The summed E-state index contributed by atoms with van der Waals surface area (Å²) in [6.07, 6.45) is 1.61. The lowest BCUT2D eigenvalue weighted by Crippen LogP contribution is -2.20. The number of rotatable bonds is 6. The molecule has 1 atom stereocenters. The van der Waals surface area contributed by atoms with Gasteiger partial charge in [0.1, 0.15) is 0 Å². The average molecular weight is 499 g/mol. The summed E-state index contributed by atoms with van der Waals surface area (Å²) in [7, 11) is 0. The summed E-state index contributed by atoms with van der Waals surface area (Å²) in [6.45, 7) is 8.37. The lowest BCUT2D eigenvalue weighted by molar-refractivity contribution is 0.102. The van der Waals surface area contributed by atoms with Crippen molar-refractivity contribution in [2.45, 2.75) is 33.1 Å². The molecule has 1 aromatic heterocycles. The molecule has 1 unspecified atom stereocenters. The number of carbonyl (C=O) groups is 1. The number of aryl methyl sites for hydroxylation is 1. The Hall–Kier alpha value is -3.81. The van der Waals surface area contributed by atoms with Gasteiger partial charge in [0.05, 0.1) is 28.3 Å². The molecule has 1 heterocycles. The monoisotopic (exact) mass is 498 g/mol. The number of nitrogens with zero attached hydrogens (tertiary/aromatic N) is 2. The zero-order valence-electron chi connectivity index (χ0n) is 20.7. The highest BCUT2D eigenvalue weighted by Gasteiger charge is 2.18. The van der Waals surface area contributed by atoms with Gasteiger partial charge in [-0.2, -0.15) is 0 Å². The lowest BCUT2D eigenvalue weighted by atomic mass is 9.87. The van der Waals surface area contributed by atoms with Crippen molar-refractivity contribution < 1.29 is 13.6 Å². The Bertz CT molecular complexity index is 1380. The minimum absolute atomic E-state index is 0.0381. The summed E-state index contributed by atoms with van der Waals surface area (Å²) in [5.41, 5.74) is 5.58. The molecule has 0 saturated heterocycles. The predicted octanol–water partition coefficient (Wildman–Crippen LogP) is 6.54. The Balaban J connectivity index is 1.58. The molecule has 4 rings (SSSR count). The topological polar surface area (TPSA) is 85.4 Å². The minimum Gasteiger partial charge on any atom is -0.755 e. The molecule has 36 heavy (non-hydrogen) atoms. The number of nitrogens with one attached hydrogen (secondary N) is 1. The van der Waals surface area contributed by atoms with Gasteiger partial charge in [-0.15, -0.1) is 0 Å². The fourth-order valence-electron chi connectivity index (χ4n) is 3.81. The molecule has 0 aliphatic heterocycles. The summed E-state index contributed by atoms with van der Waals surface area (Å²) < 4.78 is 25.6. The van der Waals surface area contributed by atoms with Gasteiger partial charge in [-0.25, -0.2) is 0 Å². The zero-order valence-corrected chi connectivity index (χ0v) is 21.5. The Kier molecular flexibility index (Phi) is 7.33. The second-order valence-electron chi connectivity index (χ2n) is 9.58. The maximum Gasteiger partial charge on any atom is 0.255 e. The first-order chi connectivity index (χ1) is 17.1. The van der Waals surface area contributed by atoms with E-state index in [0.29, 0.717) is 28.2 Å². The van der Waals surface area contributed by atoms with Gasteiger partial charge in [0.25, 0.3) is 5.91 Å². The Labute approximate surface area is 214 Å². The Morgan fingerprint density at radius 3 is 2.14 bits per heavy atom. The number of hydrogen-bond acceptors (Lipinski definition) is 4. The molecule has 1 amide bonds. The summed E-state index contributed by atoms with van der Waals surface area (Å²) >= 11 is -2.56. The minimum atomic E-state index is -2.56. The van der Waals surface area contributed by atoms with Crippen molar-refractivity contribution in [2.75, 3.05) is 9.62 Å². The largest absolute Gasteiger partial charge is 0.755 e. The zero-order chi connectivity index (χ0) is 25.9. The first kappa shape index (κ1) is 25.3. The molecule has 0 aliphatic rings. The molecule has 0 saturated carbocycles. The first-order valence-corrected chi connectivity index (χ1v) is 12.6. The third kappa shape index (κ3) is 5.70. The van der Waals surface area contributed by atoms with Crippen LogP contribution in [0.25, 0.3) is 11.3 Å². The summed E-state index contributed by atoms with van der Waals surface area (Å²) in [5, 5.41) is 2.92. The number of carbonyl (C=O) groups excluding carboxylic acids is 1. The third-order valence-corrected chi connectivity index (χ3v) is 6.56. The molecule has 0 bridgehead atoms. The van der Waals surface area contributed by atoms with Gasteiger partial charge in [0.2, 0.25) is 0 Å². The maximum absolute atomic E-state index is 12.8. The van der Waals surface area contributed by atoms with E-state index in [1.54, 1.807) is 54.7 Å². The van der Waals surface area contributed by atoms with Gasteiger partial charge in [-0.1, -0.05) is 62.7 Å². The Morgan fingerprint density at radius 1 is 0.917 bits per heavy atom. The number of anilines is 3. The summed E-state index contributed by atoms with van der Waals surface area (Å²) in [4.78, 5) is 17.3. The number of pyridine rings is 1. The quantitative estimate of drug-likeness (QED) is 0.306. The molecule has 184 valence electrons. The van der Waals surface area contributed by atoms with Crippen LogP contribution in [0.3, 0.4) is 0 Å². The third-order valence-electron chi connectivity index (χ3n) is 5.85. The fourth-order valence-corrected chi connectivity index (χ4v) is 4.41. The molecular formula is C29H28N3O3S-. The van der Waals surface area contributed by atoms with Gasteiger partial charge < -0.3 is 9.87 Å². The van der Waals surface area contributed by atoms with Crippen LogP contribution in [0.5, 0.6) is 0 Å². The number of amides is 1. The van der Waals surface area contributed by atoms with Crippen LogP contribution < -0.4 is 9.62 Å². The second-order valence-corrected chi connectivity index (χ2v) is 10.4. The standard InChI is InChI=1S/C29H29N3O3S/c1-20-7-17-25(18-8-20)32(36(34)35)26-6-5-19-30-27(26)21-9-11-22(12-10-21)28(33)31-24-15-13-23(14-16-24)29(2,3)4/h5-19H,1-4H3,(H,31,33)(H,34,35)/p-1. The van der Waals surface area contributed by atoms with E-state index >= 15 is 0 Å². The number of hydrogen-bond donors (Lipinski definition) is 1. The summed E-state index contributed by atoms with van der Waals surface area (Å²) in [6, 6.07) is 25.4. The van der Waals surface area contributed by atoms with E-state index in [1.807, 2.05) is 43.3 Å². The average Bonchev–Trinajstić information content (AvgIpc) is 2.85. The van der Waals surface area contributed by atoms with E-state index < -0.39 is 11.3 Å². The van der Waals surface area contributed by atoms with E-state index in [4.69, 9.17) is 0 Å². The Morgan fingerprint density at radius 2 is 1.56 bits per heavy atom. The highest BCUT2D eigenvalue weighted by Crippen LogP contribution is 2.35. The molecule has 0 fully saturated rings. The summed E-state index contributed by atoms with van der Waals surface area (Å²) in [5.74, 6) is -0.228. The normalized spacial score (nSPS) is 12.1. The molecule has 6 nitrogen and oxygen atoms in total. The molecule has 0 aliphatic carbocycles. The molecule has 4 aromatic rings. The van der Waals surface area contributed by atoms with Crippen molar-refractivity contribution in [3.8, 4) is 11.3 Å². The van der Waals surface area contributed by atoms with E-state index in [1.165, 1.54) is 9.87 Å². The predicted molar refractivity (Wildman–Crippen MR) is 145 cm³/mol. The van der Waals surface area contributed by atoms with Crippen molar-refractivity contribution in [3.63, 3.8) is 0 Å².